The molecule has 6 heteroatoms. The highest BCUT2D eigenvalue weighted by atomic mass is 16.5. The molecule has 0 N–H and O–H groups in total. The number of rotatable bonds is 5. The third-order valence-corrected chi connectivity index (χ3v) is 3.56. The Morgan fingerprint density at radius 1 is 1.18 bits per heavy atom. The zero-order valence-corrected chi connectivity index (χ0v) is 12.9. The normalized spacial score (nSPS) is 10.9. The highest BCUT2D eigenvalue weighted by Gasteiger charge is 2.15. The minimum atomic E-state index is 0.508. The monoisotopic (exact) mass is 298 g/mol. The second-order valence-electron chi connectivity index (χ2n) is 5.18. The summed E-state index contributed by atoms with van der Waals surface area (Å²) < 4.78 is 11.0. The van der Waals surface area contributed by atoms with Crippen LogP contribution in [-0.2, 0) is 0 Å². The van der Waals surface area contributed by atoms with E-state index in [4.69, 9.17) is 9.26 Å². The molecule has 0 aliphatic carbocycles. The summed E-state index contributed by atoms with van der Waals surface area (Å²) in [5.41, 5.74) is 2.43. The van der Waals surface area contributed by atoms with E-state index in [0.717, 1.165) is 28.2 Å². The second kappa shape index (κ2) is 6.01. The van der Waals surface area contributed by atoms with E-state index in [9.17, 15) is 0 Å². The molecule has 0 fully saturated rings. The van der Waals surface area contributed by atoms with Crippen molar-refractivity contribution in [1.29, 1.82) is 0 Å². The van der Waals surface area contributed by atoms with Crippen molar-refractivity contribution in [3.8, 4) is 5.75 Å². The summed E-state index contributed by atoms with van der Waals surface area (Å²) in [5, 5.41) is 4.79. The van der Waals surface area contributed by atoms with Gasteiger partial charge in [-0.2, -0.15) is 4.98 Å². The molecule has 114 valence electrons. The fraction of sp³-hybridized carbons (Fsp3) is 0.312. The number of para-hydroxylation sites is 1. The van der Waals surface area contributed by atoms with Crippen LogP contribution in [0.2, 0.25) is 0 Å². The molecule has 3 rings (SSSR count). The van der Waals surface area contributed by atoms with Gasteiger partial charge in [0.1, 0.15) is 29.9 Å². The summed E-state index contributed by atoms with van der Waals surface area (Å²) in [4.78, 5) is 10.4. The van der Waals surface area contributed by atoms with Crippen molar-refractivity contribution in [3.63, 3.8) is 0 Å². The molecule has 2 heterocycles. The summed E-state index contributed by atoms with van der Waals surface area (Å²) in [6.07, 6.45) is 1.49. The van der Waals surface area contributed by atoms with Gasteiger partial charge in [-0.15, -0.1) is 0 Å². The summed E-state index contributed by atoms with van der Waals surface area (Å²) in [5.74, 6) is 1.71. The SMILES string of the molecule is Cc1ccccc1OCCN(C)c1ncnc2onc(C)c12. The van der Waals surface area contributed by atoms with Gasteiger partial charge in [-0.1, -0.05) is 23.4 Å². The van der Waals surface area contributed by atoms with Gasteiger partial charge in [0, 0.05) is 7.05 Å². The smallest absolute Gasteiger partial charge is 0.263 e. The molecule has 3 aromatic rings. The van der Waals surface area contributed by atoms with Crippen molar-refractivity contribution < 1.29 is 9.26 Å². The number of aromatic nitrogens is 3. The fourth-order valence-electron chi connectivity index (χ4n) is 2.31. The average Bonchev–Trinajstić information content (AvgIpc) is 2.91. The van der Waals surface area contributed by atoms with Gasteiger partial charge in [-0.3, -0.25) is 0 Å². The predicted molar refractivity (Wildman–Crippen MR) is 84.3 cm³/mol. The van der Waals surface area contributed by atoms with Gasteiger partial charge >= 0.3 is 0 Å². The van der Waals surface area contributed by atoms with E-state index in [-0.39, 0.29) is 0 Å². The summed E-state index contributed by atoms with van der Waals surface area (Å²) >= 11 is 0. The van der Waals surface area contributed by atoms with E-state index >= 15 is 0 Å². The minimum absolute atomic E-state index is 0.508. The molecule has 0 bridgehead atoms. The zero-order chi connectivity index (χ0) is 15.5. The topological polar surface area (TPSA) is 64.3 Å². The van der Waals surface area contributed by atoms with Crippen LogP contribution < -0.4 is 9.64 Å². The van der Waals surface area contributed by atoms with Crippen LogP contribution in [0.3, 0.4) is 0 Å². The van der Waals surface area contributed by atoms with Crippen LogP contribution >= 0.6 is 0 Å². The molecule has 0 aliphatic heterocycles. The maximum Gasteiger partial charge on any atom is 0.263 e. The van der Waals surface area contributed by atoms with Gasteiger partial charge in [0.05, 0.1) is 12.2 Å². The Labute approximate surface area is 128 Å². The van der Waals surface area contributed by atoms with Crippen molar-refractivity contribution in [1.82, 2.24) is 15.1 Å². The lowest BCUT2D eigenvalue weighted by atomic mass is 10.2. The quantitative estimate of drug-likeness (QED) is 0.721. The zero-order valence-electron chi connectivity index (χ0n) is 12.9. The summed E-state index contributed by atoms with van der Waals surface area (Å²) in [7, 11) is 1.97. The Balaban J connectivity index is 1.70. The van der Waals surface area contributed by atoms with E-state index in [0.29, 0.717) is 18.9 Å². The Morgan fingerprint density at radius 3 is 2.82 bits per heavy atom. The number of anilines is 1. The van der Waals surface area contributed by atoms with E-state index in [1.165, 1.54) is 6.33 Å². The van der Waals surface area contributed by atoms with Gasteiger partial charge in [-0.25, -0.2) is 4.98 Å². The number of aryl methyl sites for hydroxylation is 2. The van der Waals surface area contributed by atoms with Crippen molar-refractivity contribution in [2.45, 2.75) is 13.8 Å². The predicted octanol–water partition coefficient (Wildman–Crippen LogP) is 2.75. The van der Waals surface area contributed by atoms with E-state index in [1.807, 2.05) is 50.1 Å². The third kappa shape index (κ3) is 2.72. The lowest BCUT2D eigenvalue weighted by Crippen LogP contribution is -2.25. The Kier molecular flexibility index (Phi) is 3.91. The molecule has 0 atom stereocenters. The number of hydrogen-bond acceptors (Lipinski definition) is 6. The molecule has 0 saturated carbocycles. The molecule has 22 heavy (non-hydrogen) atoms. The maximum absolute atomic E-state index is 5.83. The minimum Gasteiger partial charge on any atom is -0.491 e. The molecule has 6 nitrogen and oxygen atoms in total. The lowest BCUT2D eigenvalue weighted by molar-refractivity contribution is 0.323. The van der Waals surface area contributed by atoms with Crippen LogP contribution in [0.5, 0.6) is 5.75 Å². The largest absolute Gasteiger partial charge is 0.491 e. The standard InChI is InChI=1S/C16H18N4O2/c1-11-6-4-5-7-13(11)21-9-8-20(3)15-14-12(2)19-22-16(14)18-10-17-15/h4-7,10H,8-9H2,1-3H3. The van der Waals surface area contributed by atoms with Gasteiger partial charge in [0.15, 0.2) is 0 Å². The summed E-state index contributed by atoms with van der Waals surface area (Å²) in [6, 6.07) is 7.98. The first-order valence-electron chi connectivity index (χ1n) is 7.13. The fourth-order valence-corrected chi connectivity index (χ4v) is 2.31. The number of fused-ring (bicyclic) bond motifs is 1. The molecule has 0 spiro atoms. The number of nitrogens with zero attached hydrogens (tertiary/aromatic N) is 4. The van der Waals surface area contributed by atoms with Crippen molar-refractivity contribution in [3.05, 3.63) is 41.9 Å². The Morgan fingerprint density at radius 2 is 2.00 bits per heavy atom. The molecule has 0 radical (unpaired) electrons. The van der Waals surface area contributed by atoms with Crippen LogP contribution in [0, 0.1) is 13.8 Å². The molecule has 0 unspecified atom stereocenters. The van der Waals surface area contributed by atoms with Crippen LogP contribution in [0.25, 0.3) is 11.1 Å². The average molecular weight is 298 g/mol. The van der Waals surface area contributed by atoms with Gasteiger partial charge in [-0.05, 0) is 25.5 Å². The molecular formula is C16H18N4O2. The molecular weight excluding hydrogens is 280 g/mol. The van der Waals surface area contributed by atoms with Gasteiger partial charge in [0.2, 0.25) is 0 Å². The number of ether oxygens (including phenoxy) is 1. The Bertz CT molecular complexity index is 785. The van der Waals surface area contributed by atoms with Gasteiger partial charge in [0.25, 0.3) is 5.71 Å². The van der Waals surface area contributed by atoms with E-state index < -0.39 is 0 Å². The highest BCUT2D eigenvalue weighted by molar-refractivity contribution is 5.87. The first kappa shape index (κ1) is 14.3. The molecule has 0 saturated heterocycles. The summed E-state index contributed by atoms with van der Waals surface area (Å²) in [6.45, 7) is 5.19. The van der Waals surface area contributed by atoms with Crippen LogP contribution in [-0.4, -0.2) is 35.3 Å². The molecule has 1 aromatic carbocycles. The van der Waals surface area contributed by atoms with Gasteiger partial charge < -0.3 is 14.2 Å². The number of hydrogen-bond donors (Lipinski definition) is 0. The first-order chi connectivity index (χ1) is 10.7. The van der Waals surface area contributed by atoms with E-state index in [2.05, 4.69) is 15.1 Å². The third-order valence-electron chi connectivity index (χ3n) is 3.56. The van der Waals surface area contributed by atoms with E-state index in [1.54, 1.807) is 0 Å². The number of likely N-dealkylation sites (N-methyl/N-ethyl adjacent to an activating group) is 1. The highest BCUT2D eigenvalue weighted by Crippen LogP contribution is 2.24. The lowest BCUT2D eigenvalue weighted by Gasteiger charge is -2.19. The van der Waals surface area contributed by atoms with Crippen LogP contribution in [0.4, 0.5) is 5.82 Å². The maximum atomic E-state index is 5.83. The molecule has 2 aromatic heterocycles. The number of benzene rings is 1. The first-order valence-corrected chi connectivity index (χ1v) is 7.13. The van der Waals surface area contributed by atoms with Crippen LogP contribution in [0.15, 0.2) is 35.1 Å². The molecule has 0 aliphatic rings. The molecule has 0 amide bonds. The Hall–Kier alpha value is -2.63. The second-order valence-corrected chi connectivity index (χ2v) is 5.18. The van der Waals surface area contributed by atoms with Crippen LogP contribution in [0.1, 0.15) is 11.3 Å². The van der Waals surface area contributed by atoms with Crippen molar-refractivity contribution in [2.24, 2.45) is 0 Å². The van der Waals surface area contributed by atoms with Crippen molar-refractivity contribution >= 4 is 16.9 Å². The van der Waals surface area contributed by atoms with Crippen molar-refractivity contribution in [2.75, 3.05) is 25.1 Å².